The zero-order valence-electron chi connectivity index (χ0n) is 13.5. The molecule has 0 saturated carbocycles. The summed E-state index contributed by atoms with van der Waals surface area (Å²) in [4.78, 5) is 12.1. The molecule has 1 amide bonds. The van der Waals surface area contributed by atoms with E-state index >= 15 is 0 Å². The topological polar surface area (TPSA) is 29.1 Å². The van der Waals surface area contributed by atoms with Crippen molar-refractivity contribution in [3.63, 3.8) is 0 Å². The van der Waals surface area contributed by atoms with E-state index in [1.807, 2.05) is 36.4 Å². The summed E-state index contributed by atoms with van der Waals surface area (Å²) in [6, 6.07) is 20.1. The Kier molecular flexibility index (Phi) is 5.73. The molecule has 0 aliphatic carbocycles. The highest BCUT2D eigenvalue weighted by molar-refractivity contribution is 5.91. The predicted octanol–water partition coefficient (Wildman–Crippen LogP) is 3.33. The van der Waals surface area contributed by atoms with Crippen molar-refractivity contribution in [2.24, 2.45) is 0 Å². The summed E-state index contributed by atoms with van der Waals surface area (Å²) in [5.41, 5.74) is 2.22. The lowest BCUT2D eigenvalue weighted by atomic mass is 10.1. The predicted molar refractivity (Wildman–Crippen MR) is 91.7 cm³/mol. The Bertz CT molecular complexity index is 579. The normalized spacial score (nSPS) is 11.2. The molecule has 2 aromatic rings. The van der Waals surface area contributed by atoms with Crippen LogP contribution in [0.15, 0.2) is 60.7 Å². The molecule has 0 aliphatic heterocycles. The lowest BCUT2D eigenvalue weighted by Crippen LogP contribution is -2.46. The summed E-state index contributed by atoms with van der Waals surface area (Å²) in [5, 5.41) is 2.95. The van der Waals surface area contributed by atoms with E-state index in [0.29, 0.717) is 11.0 Å². The molecule has 1 N–H and O–H groups in total. The summed E-state index contributed by atoms with van der Waals surface area (Å²) >= 11 is 0. The Morgan fingerprint density at radius 3 is 2.18 bits per heavy atom. The summed E-state index contributed by atoms with van der Waals surface area (Å²) in [5.74, 6) is 0.0657. The number of anilines is 1. The van der Waals surface area contributed by atoms with Gasteiger partial charge in [-0.1, -0.05) is 48.5 Å². The molecule has 0 fully saturated rings. The lowest BCUT2D eigenvalue weighted by molar-refractivity contribution is -0.882. The van der Waals surface area contributed by atoms with Crippen molar-refractivity contribution in [3.8, 4) is 0 Å². The molecule has 3 nitrogen and oxygen atoms in total. The summed E-state index contributed by atoms with van der Waals surface area (Å²) in [6.45, 7) is 1.47. The van der Waals surface area contributed by atoms with Crippen LogP contribution >= 0.6 is 0 Å². The van der Waals surface area contributed by atoms with Gasteiger partial charge in [-0.25, -0.2) is 0 Å². The Hall–Kier alpha value is -2.13. The first kappa shape index (κ1) is 16.2. The van der Waals surface area contributed by atoms with Gasteiger partial charge in [-0.15, -0.1) is 0 Å². The van der Waals surface area contributed by atoms with E-state index < -0.39 is 0 Å². The number of nitrogens with zero attached hydrogens (tertiary/aromatic N) is 1. The summed E-state index contributed by atoms with van der Waals surface area (Å²) in [6.07, 6.45) is 2.14. The van der Waals surface area contributed by atoms with Crippen LogP contribution in [0.25, 0.3) is 0 Å². The standard InChI is InChI=1S/C19H24N2O/c1-21(2,15-9-12-17-10-5-3-6-11-17)16-19(22)20-18-13-7-4-8-14-18/h3-8,10-11,13-14H,9,12,15-16H2,1-2H3/p+1. The third-order valence-corrected chi connectivity index (χ3v) is 3.70. The third-order valence-electron chi connectivity index (χ3n) is 3.70. The Labute approximate surface area is 133 Å². The van der Waals surface area contributed by atoms with Gasteiger partial charge in [0.1, 0.15) is 0 Å². The van der Waals surface area contributed by atoms with Gasteiger partial charge in [0.2, 0.25) is 0 Å². The second-order valence-electron chi connectivity index (χ2n) is 6.32. The van der Waals surface area contributed by atoms with E-state index in [2.05, 4.69) is 43.7 Å². The van der Waals surface area contributed by atoms with Gasteiger partial charge in [-0.2, -0.15) is 0 Å². The van der Waals surface area contributed by atoms with Gasteiger partial charge in [0.05, 0.1) is 20.6 Å². The number of hydrogen-bond acceptors (Lipinski definition) is 1. The van der Waals surface area contributed by atoms with E-state index in [4.69, 9.17) is 0 Å². The summed E-state index contributed by atoms with van der Waals surface area (Å²) < 4.78 is 0.700. The first-order valence-electron chi connectivity index (χ1n) is 7.76. The highest BCUT2D eigenvalue weighted by atomic mass is 16.2. The largest absolute Gasteiger partial charge is 0.321 e. The van der Waals surface area contributed by atoms with Crippen LogP contribution in [0, 0.1) is 0 Å². The number of para-hydroxylation sites is 1. The van der Waals surface area contributed by atoms with Crippen LogP contribution in [0.4, 0.5) is 5.69 Å². The van der Waals surface area contributed by atoms with Crippen molar-refractivity contribution in [1.82, 2.24) is 0 Å². The van der Waals surface area contributed by atoms with Crippen molar-refractivity contribution in [3.05, 3.63) is 66.2 Å². The highest BCUT2D eigenvalue weighted by Gasteiger charge is 2.19. The second kappa shape index (κ2) is 7.76. The molecule has 2 rings (SSSR count). The van der Waals surface area contributed by atoms with Crippen LogP contribution in [-0.4, -0.2) is 37.6 Å². The first-order valence-corrected chi connectivity index (χ1v) is 7.76. The minimum atomic E-state index is 0.0657. The van der Waals surface area contributed by atoms with E-state index in [-0.39, 0.29) is 5.91 Å². The second-order valence-corrected chi connectivity index (χ2v) is 6.32. The van der Waals surface area contributed by atoms with Crippen LogP contribution in [0.2, 0.25) is 0 Å². The third kappa shape index (κ3) is 5.70. The van der Waals surface area contributed by atoms with Crippen LogP contribution in [-0.2, 0) is 11.2 Å². The number of carbonyl (C=O) groups excluding carboxylic acids is 1. The number of benzene rings is 2. The minimum Gasteiger partial charge on any atom is -0.321 e. The van der Waals surface area contributed by atoms with Gasteiger partial charge in [-0.3, -0.25) is 4.79 Å². The molecule has 3 heteroatoms. The first-order chi connectivity index (χ1) is 10.6. The maximum Gasteiger partial charge on any atom is 0.279 e. The Balaban J connectivity index is 1.76. The van der Waals surface area contributed by atoms with Crippen LogP contribution < -0.4 is 5.32 Å². The number of carbonyl (C=O) groups is 1. The van der Waals surface area contributed by atoms with Gasteiger partial charge in [0.15, 0.2) is 6.54 Å². The number of likely N-dealkylation sites (N-methyl/N-ethyl adjacent to an activating group) is 1. The van der Waals surface area contributed by atoms with Crippen molar-refractivity contribution in [2.45, 2.75) is 12.8 Å². The lowest BCUT2D eigenvalue weighted by Gasteiger charge is -2.29. The molecule has 116 valence electrons. The molecule has 0 radical (unpaired) electrons. The molecule has 0 spiro atoms. The number of aryl methyl sites for hydroxylation is 1. The quantitative estimate of drug-likeness (QED) is 0.780. The fourth-order valence-corrected chi connectivity index (χ4v) is 2.55. The SMILES string of the molecule is C[N+](C)(CCCc1ccccc1)CC(=O)Nc1ccccc1. The Morgan fingerprint density at radius 1 is 0.955 bits per heavy atom. The van der Waals surface area contributed by atoms with Crippen LogP contribution in [0.5, 0.6) is 0 Å². The molecule has 0 aliphatic rings. The highest BCUT2D eigenvalue weighted by Crippen LogP contribution is 2.08. The van der Waals surface area contributed by atoms with Gasteiger partial charge >= 0.3 is 0 Å². The van der Waals surface area contributed by atoms with Crippen molar-refractivity contribution in [1.29, 1.82) is 0 Å². The van der Waals surface area contributed by atoms with E-state index in [0.717, 1.165) is 25.1 Å². The molecule has 0 unspecified atom stereocenters. The number of hydrogen-bond donors (Lipinski definition) is 1. The maximum absolute atomic E-state index is 12.1. The van der Waals surface area contributed by atoms with E-state index in [9.17, 15) is 4.79 Å². The molecule has 22 heavy (non-hydrogen) atoms. The zero-order chi connectivity index (χ0) is 15.8. The fourth-order valence-electron chi connectivity index (χ4n) is 2.55. The van der Waals surface area contributed by atoms with E-state index in [1.165, 1.54) is 5.56 Å². The molecule has 0 aromatic heterocycles. The zero-order valence-corrected chi connectivity index (χ0v) is 13.5. The molecule has 0 heterocycles. The molecule has 0 atom stereocenters. The van der Waals surface area contributed by atoms with Crippen LogP contribution in [0.3, 0.4) is 0 Å². The molecular weight excluding hydrogens is 272 g/mol. The van der Waals surface area contributed by atoms with Crippen molar-refractivity contribution >= 4 is 11.6 Å². The monoisotopic (exact) mass is 297 g/mol. The molecule has 0 saturated heterocycles. The molecule has 0 bridgehead atoms. The molecule has 2 aromatic carbocycles. The van der Waals surface area contributed by atoms with Crippen molar-refractivity contribution in [2.75, 3.05) is 32.5 Å². The number of quaternary nitrogens is 1. The number of amides is 1. The smallest absolute Gasteiger partial charge is 0.279 e. The Morgan fingerprint density at radius 2 is 1.55 bits per heavy atom. The van der Waals surface area contributed by atoms with Gasteiger partial charge in [0, 0.05) is 12.1 Å². The van der Waals surface area contributed by atoms with Crippen molar-refractivity contribution < 1.29 is 9.28 Å². The minimum absolute atomic E-state index is 0.0657. The van der Waals surface area contributed by atoms with Crippen LogP contribution in [0.1, 0.15) is 12.0 Å². The average molecular weight is 297 g/mol. The summed E-state index contributed by atoms with van der Waals surface area (Å²) in [7, 11) is 4.21. The van der Waals surface area contributed by atoms with Gasteiger partial charge in [0.25, 0.3) is 5.91 Å². The fraction of sp³-hybridized carbons (Fsp3) is 0.316. The van der Waals surface area contributed by atoms with Gasteiger partial charge < -0.3 is 9.80 Å². The number of nitrogens with one attached hydrogen (secondary N) is 1. The molecular formula is C19H25N2O+. The van der Waals surface area contributed by atoms with Gasteiger partial charge in [-0.05, 0) is 24.1 Å². The number of rotatable bonds is 7. The average Bonchev–Trinajstić information content (AvgIpc) is 2.48. The maximum atomic E-state index is 12.1. The van der Waals surface area contributed by atoms with E-state index in [1.54, 1.807) is 0 Å².